The number of anilines is 1. The average molecular weight is 566 g/mol. The quantitative estimate of drug-likeness (QED) is 0.357. The third-order valence-electron chi connectivity index (χ3n) is 9.36. The van der Waals surface area contributed by atoms with Gasteiger partial charge in [-0.15, -0.1) is 0 Å². The molecule has 0 aliphatic carbocycles. The molecule has 4 fully saturated rings. The lowest BCUT2D eigenvalue weighted by molar-refractivity contribution is 0.107. The Kier molecular flexibility index (Phi) is 5.69. The summed E-state index contributed by atoms with van der Waals surface area (Å²) in [7, 11) is 0. The standard InChI is InChI=1S/C29H30ClF2N7O/c30-22-6-7-23-21(11-33-37-23)24(22)19-4-5-20-26(25(19)32)35-28(36-27(20)38-13-17-2-3-18(14-38)34-17)40-15-29-8-1-9-39(29)12-16(31)10-29/h4-7,11,16-18,34H,1-3,8-10,12-15H2,(H,33,37)/t16-,17-,18+,29+/m1/s1. The van der Waals surface area contributed by atoms with Crippen molar-refractivity contribution in [1.29, 1.82) is 0 Å². The zero-order chi connectivity index (χ0) is 27.0. The van der Waals surface area contributed by atoms with Crippen molar-refractivity contribution in [3.05, 3.63) is 41.3 Å². The van der Waals surface area contributed by atoms with Crippen molar-refractivity contribution >= 4 is 39.2 Å². The molecular weight excluding hydrogens is 536 g/mol. The highest BCUT2D eigenvalue weighted by atomic mass is 35.5. The number of alkyl halides is 1. The Morgan fingerprint density at radius 2 is 1.93 bits per heavy atom. The molecule has 6 heterocycles. The van der Waals surface area contributed by atoms with Gasteiger partial charge in [0.1, 0.15) is 24.1 Å². The molecule has 0 unspecified atom stereocenters. The van der Waals surface area contributed by atoms with Crippen LogP contribution in [0.25, 0.3) is 32.9 Å². The Morgan fingerprint density at radius 1 is 1.07 bits per heavy atom. The van der Waals surface area contributed by atoms with Crippen molar-refractivity contribution in [2.75, 3.05) is 37.7 Å². The Morgan fingerprint density at radius 3 is 2.77 bits per heavy atom. The van der Waals surface area contributed by atoms with E-state index in [1.54, 1.807) is 18.3 Å². The molecule has 0 radical (unpaired) electrons. The molecule has 2 N–H and O–H groups in total. The molecule has 0 spiro atoms. The number of nitrogens with zero attached hydrogens (tertiary/aromatic N) is 5. The van der Waals surface area contributed by atoms with Crippen LogP contribution in [0.3, 0.4) is 0 Å². The minimum absolute atomic E-state index is 0.126. The fourth-order valence-corrected chi connectivity index (χ4v) is 7.77. The Hall–Kier alpha value is -3.08. The summed E-state index contributed by atoms with van der Waals surface area (Å²) in [6.07, 6.45) is 5.36. The molecule has 4 saturated heterocycles. The van der Waals surface area contributed by atoms with E-state index < -0.39 is 12.0 Å². The lowest BCUT2D eigenvalue weighted by Gasteiger charge is -2.34. The molecule has 0 amide bonds. The highest BCUT2D eigenvalue weighted by Gasteiger charge is 2.49. The summed E-state index contributed by atoms with van der Waals surface area (Å²) in [5, 5.41) is 12.5. The van der Waals surface area contributed by atoms with E-state index >= 15 is 4.39 Å². The number of hydrogen-bond donors (Lipinski definition) is 2. The molecule has 8 rings (SSSR count). The van der Waals surface area contributed by atoms with Gasteiger partial charge in [-0.25, -0.2) is 8.78 Å². The van der Waals surface area contributed by atoms with Gasteiger partial charge >= 0.3 is 6.01 Å². The first-order valence-electron chi connectivity index (χ1n) is 14.1. The predicted molar refractivity (Wildman–Crippen MR) is 150 cm³/mol. The smallest absolute Gasteiger partial charge is 0.319 e. The molecule has 4 aliphatic rings. The number of halogens is 3. The zero-order valence-corrected chi connectivity index (χ0v) is 22.7. The number of nitrogens with one attached hydrogen (secondary N) is 2. The first-order chi connectivity index (χ1) is 19.5. The van der Waals surface area contributed by atoms with Gasteiger partial charge in [0.25, 0.3) is 0 Å². The minimum Gasteiger partial charge on any atom is -0.461 e. The average Bonchev–Trinajstić information content (AvgIpc) is 3.71. The molecule has 4 aliphatic heterocycles. The molecule has 8 nitrogen and oxygen atoms in total. The highest BCUT2D eigenvalue weighted by Crippen LogP contribution is 2.42. The largest absolute Gasteiger partial charge is 0.461 e. The fourth-order valence-electron chi connectivity index (χ4n) is 7.51. The summed E-state index contributed by atoms with van der Waals surface area (Å²) >= 11 is 6.61. The van der Waals surface area contributed by atoms with Gasteiger partial charge in [-0.05, 0) is 50.4 Å². The maximum Gasteiger partial charge on any atom is 0.319 e. The van der Waals surface area contributed by atoms with E-state index in [-0.39, 0.29) is 23.7 Å². The molecule has 11 heteroatoms. The number of ether oxygens (including phenoxy) is 1. The molecule has 2 aromatic carbocycles. The zero-order valence-electron chi connectivity index (χ0n) is 22.0. The summed E-state index contributed by atoms with van der Waals surface area (Å²) in [4.78, 5) is 13.9. The van der Waals surface area contributed by atoms with Crippen LogP contribution in [0.2, 0.25) is 5.02 Å². The van der Waals surface area contributed by atoms with Crippen LogP contribution in [0.1, 0.15) is 32.1 Å². The van der Waals surface area contributed by atoms with E-state index in [0.717, 1.165) is 56.2 Å². The van der Waals surface area contributed by atoms with Crippen molar-refractivity contribution in [2.24, 2.45) is 0 Å². The van der Waals surface area contributed by atoms with E-state index in [4.69, 9.17) is 21.3 Å². The van der Waals surface area contributed by atoms with Gasteiger partial charge in [0.2, 0.25) is 0 Å². The number of fused-ring (bicyclic) bond motifs is 5. The third-order valence-corrected chi connectivity index (χ3v) is 9.67. The van der Waals surface area contributed by atoms with Crippen molar-refractivity contribution < 1.29 is 13.5 Å². The van der Waals surface area contributed by atoms with Gasteiger partial charge in [-0.1, -0.05) is 17.7 Å². The first kappa shape index (κ1) is 24.7. The number of H-pyrrole nitrogens is 1. The van der Waals surface area contributed by atoms with Gasteiger partial charge in [-0.3, -0.25) is 10.00 Å². The maximum atomic E-state index is 16.5. The van der Waals surface area contributed by atoms with Crippen molar-refractivity contribution in [2.45, 2.75) is 55.9 Å². The van der Waals surface area contributed by atoms with Crippen molar-refractivity contribution in [3.63, 3.8) is 0 Å². The lowest BCUT2D eigenvalue weighted by Crippen LogP contribution is -2.51. The van der Waals surface area contributed by atoms with Crippen LogP contribution in [0.5, 0.6) is 6.01 Å². The highest BCUT2D eigenvalue weighted by molar-refractivity contribution is 6.35. The van der Waals surface area contributed by atoms with Gasteiger partial charge < -0.3 is 15.0 Å². The van der Waals surface area contributed by atoms with Crippen LogP contribution < -0.4 is 15.0 Å². The first-order valence-corrected chi connectivity index (χ1v) is 14.5. The van der Waals surface area contributed by atoms with Crippen LogP contribution in [0, 0.1) is 5.82 Å². The Labute approximate surface area is 235 Å². The summed E-state index contributed by atoms with van der Waals surface area (Å²) in [6, 6.07) is 8.08. The summed E-state index contributed by atoms with van der Waals surface area (Å²) in [5.74, 6) is 0.192. The topological polar surface area (TPSA) is 82.2 Å². The van der Waals surface area contributed by atoms with Gasteiger partial charge in [-0.2, -0.15) is 15.1 Å². The number of aromatic amines is 1. The number of hydrogen-bond acceptors (Lipinski definition) is 7. The van der Waals surface area contributed by atoms with Crippen LogP contribution in [-0.4, -0.2) is 81.6 Å². The number of benzene rings is 2. The minimum atomic E-state index is -0.858. The fraction of sp³-hybridized carbons (Fsp3) is 0.483. The molecule has 2 aromatic heterocycles. The third kappa shape index (κ3) is 3.87. The van der Waals surface area contributed by atoms with E-state index in [1.807, 2.05) is 12.1 Å². The monoisotopic (exact) mass is 565 g/mol. The second kappa shape index (κ2) is 9.22. The number of aromatic nitrogens is 4. The maximum absolute atomic E-state index is 16.5. The van der Waals surface area contributed by atoms with E-state index in [9.17, 15) is 4.39 Å². The Bertz CT molecular complexity index is 1620. The van der Waals surface area contributed by atoms with Crippen LogP contribution >= 0.6 is 11.6 Å². The molecule has 4 aromatic rings. The van der Waals surface area contributed by atoms with E-state index in [2.05, 4.69) is 30.3 Å². The molecular formula is C29H30ClF2N7O. The van der Waals surface area contributed by atoms with E-state index in [1.165, 1.54) is 0 Å². The van der Waals surface area contributed by atoms with Gasteiger partial charge in [0.15, 0.2) is 5.82 Å². The van der Waals surface area contributed by atoms with Crippen molar-refractivity contribution in [1.82, 2.24) is 30.4 Å². The normalized spacial score (nSPS) is 28.2. The second-order valence-electron chi connectivity index (χ2n) is 11.8. The molecule has 40 heavy (non-hydrogen) atoms. The molecule has 208 valence electrons. The SMILES string of the molecule is Fc1c(-c2c(Cl)ccc3[nH]ncc23)ccc2c(N3C[C@H]4CC[C@@H](C3)N4)nc(OC[C@@]34CCCN3C[C@H](F)C4)nc12. The summed E-state index contributed by atoms with van der Waals surface area (Å²) < 4.78 is 37.2. The van der Waals surface area contributed by atoms with Crippen LogP contribution in [-0.2, 0) is 0 Å². The lowest BCUT2D eigenvalue weighted by atomic mass is 9.95. The summed E-state index contributed by atoms with van der Waals surface area (Å²) in [6.45, 7) is 3.16. The van der Waals surface area contributed by atoms with Gasteiger partial charge in [0.05, 0.1) is 17.3 Å². The Balaban J connectivity index is 1.24. The van der Waals surface area contributed by atoms with Crippen LogP contribution in [0.15, 0.2) is 30.5 Å². The molecule has 2 bridgehead atoms. The predicted octanol–water partition coefficient (Wildman–Crippen LogP) is 4.86. The number of piperazine rings is 1. The van der Waals surface area contributed by atoms with Crippen molar-refractivity contribution in [3.8, 4) is 17.1 Å². The molecule has 0 saturated carbocycles. The second-order valence-corrected chi connectivity index (χ2v) is 12.2. The van der Waals surface area contributed by atoms with Crippen LogP contribution in [0.4, 0.5) is 14.6 Å². The summed E-state index contributed by atoms with van der Waals surface area (Å²) in [5.41, 5.74) is 1.52. The van der Waals surface area contributed by atoms with Gasteiger partial charge in [0, 0.05) is 65.1 Å². The van der Waals surface area contributed by atoms with E-state index in [0.29, 0.717) is 52.4 Å². The number of rotatable bonds is 5. The molecule has 4 atom stereocenters.